The number of likely N-dealkylation sites (tertiary alicyclic amines) is 1. The molecule has 2 fully saturated rings. The molecule has 2 heterocycles. The van der Waals surface area contributed by atoms with Gasteiger partial charge in [0.25, 0.3) is 0 Å². The van der Waals surface area contributed by atoms with Gasteiger partial charge in [-0.3, -0.25) is 0 Å². The molecule has 2 rings (SSSR count). The van der Waals surface area contributed by atoms with Gasteiger partial charge in [0.2, 0.25) is 0 Å². The molecule has 4 heteroatoms. The third-order valence-electron chi connectivity index (χ3n) is 3.99. The summed E-state index contributed by atoms with van der Waals surface area (Å²) in [6.45, 7) is 7.74. The lowest BCUT2D eigenvalue weighted by Crippen LogP contribution is -2.51. The molecular formula is C15H28N2O2. The number of hydrogen-bond acceptors (Lipinski definition) is 3. The van der Waals surface area contributed by atoms with Crippen LogP contribution in [-0.2, 0) is 4.74 Å². The summed E-state index contributed by atoms with van der Waals surface area (Å²) in [5.41, 5.74) is -0.406. The highest BCUT2D eigenvalue weighted by atomic mass is 16.6. The van der Waals surface area contributed by atoms with Crippen LogP contribution in [0.1, 0.15) is 59.3 Å². The Hall–Kier alpha value is -0.770. The van der Waals surface area contributed by atoms with Crippen molar-refractivity contribution in [2.45, 2.75) is 77.0 Å². The molecule has 2 atom stereocenters. The van der Waals surface area contributed by atoms with Gasteiger partial charge in [0.15, 0.2) is 0 Å². The highest BCUT2D eigenvalue weighted by Gasteiger charge is 2.35. The Bertz CT molecular complexity index is 310. The molecule has 4 nitrogen and oxygen atoms in total. The smallest absolute Gasteiger partial charge is 0.410 e. The number of rotatable bonds is 0. The van der Waals surface area contributed by atoms with Crippen molar-refractivity contribution in [1.29, 1.82) is 0 Å². The number of carbonyl (C=O) groups is 1. The molecule has 0 aliphatic carbocycles. The summed E-state index contributed by atoms with van der Waals surface area (Å²) in [4.78, 5) is 14.4. The topological polar surface area (TPSA) is 41.6 Å². The van der Waals surface area contributed by atoms with Crippen molar-refractivity contribution in [1.82, 2.24) is 10.2 Å². The summed E-state index contributed by atoms with van der Waals surface area (Å²) >= 11 is 0. The molecule has 110 valence electrons. The fourth-order valence-electron chi connectivity index (χ4n) is 3.13. The second kappa shape index (κ2) is 6.12. The third kappa shape index (κ3) is 4.10. The van der Waals surface area contributed by atoms with E-state index in [1.807, 2.05) is 25.7 Å². The second-order valence-corrected chi connectivity index (χ2v) is 6.79. The van der Waals surface area contributed by atoms with Crippen molar-refractivity contribution in [2.24, 2.45) is 0 Å². The first-order chi connectivity index (χ1) is 8.97. The van der Waals surface area contributed by atoms with Gasteiger partial charge in [-0.1, -0.05) is 12.8 Å². The molecule has 2 aliphatic heterocycles. The molecule has 2 unspecified atom stereocenters. The normalized spacial score (nSPS) is 29.1. The van der Waals surface area contributed by atoms with Crippen LogP contribution in [-0.4, -0.2) is 41.8 Å². The number of fused-ring (bicyclic) bond motifs is 1. The van der Waals surface area contributed by atoms with E-state index in [-0.39, 0.29) is 6.09 Å². The summed E-state index contributed by atoms with van der Waals surface area (Å²) in [6.07, 6.45) is 6.87. The largest absolute Gasteiger partial charge is 0.444 e. The zero-order valence-electron chi connectivity index (χ0n) is 12.6. The maximum atomic E-state index is 12.4. The van der Waals surface area contributed by atoms with Crippen LogP contribution < -0.4 is 5.32 Å². The van der Waals surface area contributed by atoms with Gasteiger partial charge in [0, 0.05) is 12.6 Å². The van der Waals surface area contributed by atoms with E-state index in [9.17, 15) is 4.79 Å². The molecular weight excluding hydrogens is 240 g/mol. The van der Waals surface area contributed by atoms with E-state index in [0.29, 0.717) is 12.1 Å². The van der Waals surface area contributed by atoms with Crippen LogP contribution in [0.3, 0.4) is 0 Å². The maximum Gasteiger partial charge on any atom is 0.410 e. The Morgan fingerprint density at radius 2 is 1.89 bits per heavy atom. The quantitative estimate of drug-likeness (QED) is 0.734. The lowest BCUT2D eigenvalue weighted by Gasteiger charge is -2.35. The molecule has 1 amide bonds. The van der Waals surface area contributed by atoms with Crippen molar-refractivity contribution in [3.63, 3.8) is 0 Å². The zero-order valence-corrected chi connectivity index (χ0v) is 12.6. The standard InChI is InChI=1S/C15H28N2O2/c1-15(2,3)19-14(18)17-11-7-5-8-12-13(17)9-4-6-10-16-12/h12-13,16H,4-11H2,1-3H3. The summed E-state index contributed by atoms with van der Waals surface area (Å²) in [5, 5.41) is 3.62. The van der Waals surface area contributed by atoms with Gasteiger partial charge in [0.05, 0.1) is 6.04 Å². The van der Waals surface area contributed by atoms with Crippen molar-refractivity contribution >= 4 is 6.09 Å². The SMILES string of the molecule is CC(C)(C)OC(=O)N1CCCCC2NCCCCC21. The molecule has 0 bridgehead atoms. The molecule has 0 aromatic carbocycles. The van der Waals surface area contributed by atoms with Crippen LogP contribution in [0, 0.1) is 0 Å². The highest BCUT2D eigenvalue weighted by Crippen LogP contribution is 2.25. The summed E-state index contributed by atoms with van der Waals surface area (Å²) < 4.78 is 5.58. The van der Waals surface area contributed by atoms with Gasteiger partial charge in [0.1, 0.15) is 5.60 Å². The van der Waals surface area contributed by atoms with E-state index in [2.05, 4.69) is 5.32 Å². The lowest BCUT2D eigenvalue weighted by atomic mass is 10.00. The average molecular weight is 268 g/mol. The average Bonchev–Trinajstić information content (AvgIpc) is 2.60. The van der Waals surface area contributed by atoms with Crippen molar-refractivity contribution in [2.75, 3.05) is 13.1 Å². The Kier molecular flexibility index (Phi) is 4.71. The summed E-state index contributed by atoms with van der Waals surface area (Å²) in [7, 11) is 0. The molecule has 0 radical (unpaired) electrons. The van der Waals surface area contributed by atoms with E-state index in [1.165, 1.54) is 25.7 Å². The van der Waals surface area contributed by atoms with Gasteiger partial charge in [-0.25, -0.2) is 4.79 Å². The minimum Gasteiger partial charge on any atom is -0.444 e. The number of hydrogen-bond donors (Lipinski definition) is 1. The Morgan fingerprint density at radius 1 is 1.16 bits per heavy atom. The number of carbonyl (C=O) groups excluding carboxylic acids is 1. The number of nitrogens with zero attached hydrogens (tertiary/aromatic N) is 1. The number of nitrogens with one attached hydrogen (secondary N) is 1. The molecule has 0 spiro atoms. The molecule has 2 aliphatic rings. The van der Waals surface area contributed by atoms with Crippen LogP contribution in [0.4, 0.5) is 4.79 Å². The Balaban J connectivity index is 2.09. The van der Waals surface area contributed by atoms with Crippen LogP contribution in [0.5, 0.6) is 0 Å². The first-order valence-corrected chi connectivity index (χ1v) is 7.70. The maximum absolute atomic E-state index is 12.4. The Morgan fingerprint density at radius 3 is 2.63 bits per heavy atom. The Labute approximate surface area is 116 Å². The van der Waals surface area contributed by atoms with Crippen LogP contribution in [0.25, 0.3) is 0 Å². The molecule has 1 N–H and O–H groups in total. The second-order valence-electron chi connectivity index (χ2n) is 6.79. The van der Waals surface area contributed by atoms with E-state index in [4.69, 9.17) is 4.74 Å². The van der Waals surface area contributed by atoms with Gasteiger partial charge >= 0.3 is 6.09 Å². The third-order valence-corrected chi connectivity index (χ3v) is 3.99. The summed E-state index contributed by atoms with van der Waals surface area (Å²) in [6, 6.07) is 0.775. The minimum absolute atomic E-state index is 0.131. The monoisotopic (exact) mass is 268 g/mol. The molecule has 0 aromatic rings. The fraction of sp³-hybridized carbons (Fsp3) is 0.933. The minimum atomic E-state index is -0.406. The molecule has 0 aromatic heterocycles. The van der Waals surface area contributed by atoms with Gasteiger partial charge in [-0.05, 0) is 53.0 Å². The van der Waals surface area contributed by atoms with E-state index >= 15 is 0 Å². The van der Waals surface area contributed by atoms with Crippen molar-refractivity contribution in [3.8, 4) is 0 Å². The predicted octanol–water partition coefficient (Wildman–Crippen LogP) is 2.92. The highest BCUT2D eigenvalue weighted by molar-refractivity contribution is 5.68. The van der Waals surface area contributed by atoms with Gasteiger partial charge < -0.3 is 15.0 Å². The first kappa shape index (κ1) is 14.6. The number of amides is 1. The van der Waals surface area contributed by atoms with Crippen molar-refractivity contribution < 1.29 is 9.53 Å². The fourth-order valence-corrected chi connectivity index (χ4v) is 3.13. The van der Waals surface area contributed by atoms with Gasteiger partial charge in [-0.15, -0.1) is 0 Å². The molecule has 2 saturated heterocycles. The number of ether oxygens (including phenoxy) is 1. The van der Waals surface area contributed by atoms with Gasteiger partial charge in [-0.2, -0.15) is 0 Å². The predicted molar refractivity (Wildman–Crippen MR) is 76.2 cm³/mol. The van der Waals surface area contributed by atoms with E-state index in [0.717, 1.165) is 25.9 Å². The van der Waals surface area contributed by atoms with Crippen LogP contribution >= 0.6 is 0 Å². The summed E-state index contributed by atoms with van der Waals surface area (Å²) in [5.74, 6) is 0. The van der Waals surface area contributed by atoms with Crippen LogP contribution in [0.2, 0.25) is 0 Å². The zero-order chi connectivity index (χ0) is 13.9. The molecule has 19 heavy (non-hydrogen) atoms. The lowest BCUT2D eigenvalue weighted by molar-refractivity contribution is 0.0135. The van der Waals surface area contributed by atoms with Crippen molar-refractivity contribution in [3.05, 3.63) is 0 Å². The molecule has 0 saturated carbocycles. The van der Waals surface area contributed by atoms with E-state index in [1.54, 1.807) is 0 Å². The van der Waals surface area contributed by atoms with E-state index < -0.39 is 5.60 Å². The van der Waals surface area contributed by atoms with Crippen LogP contribution in [0.15, 0.2) is 0 Å². The first-order valence-electron chi connectivity index (χ1n) is 7.70.